The SMILES string of the molecule is CC(Nc1ncnc(N)c1C#N)c1nc2cccn2c(=O)n1C1CCCOC1. The van der Waals surface area contributed by atoms with E-state index in [1.165, 1.54) is 10.7 Å². The van der Waals surface area contributed by atoms with Crippen molar-refractivity contribution in [2.75, 3.05) is 24.3 Å². The molecule has 0 spiro atoms. The van der Waals surface area contributed by atoms with Crippen LogP contribution < -0.4 is 16.7 Å². The van der Waals surface area contributed by atoms with Gasteiger partial charge in [-0.25, -0.2) is 19.7 Å². The van der Waals surface area contributed by atoms with Gasteiger partial charge < -0.3 is 15.8 Å². The van der Waals surface area contributed by atoms with Gasteiger partial charge in [-0.05, 0) is 31.9 Å². The molecule has 144 valence electrons. The first-order valence-corrected chi connectivity index (χ1v) is 9.04. The van der Waals surface area contributed by atoms with Gasteiger partial charge in [0.05, 0.1) is 18.7 Å². The number of rotatable bonds is 4. The minimum Gasteiger partial charge on any atom is -0.382 e. The first-order chi connectivity index (χ1) is 13.6. The third-order valence-electron chi connectivity index (χ3n) is 4.85. The van der Waals surface area contributed by atoms with Crippen LogP contribution in [0.4, 0.5) is 11.6 Å². The predicted molar refractivity (Wildman–Crippen MR) is 102 cm³/mol. The first kappa shape index (κ1) is 17.9. The zero-order valence-electron chi connectivity index (χ0n) is 15.4. The van der Waals surface area contributed by atoms with Crippen molar-refractivity contribution in [1.82, 2.24) is 23.9 Å². The quantitative estimate of drug-likeness (QED) is 0.690. The molecule has 10 nitrogen and oxygen atoms in total. The number of nitriles is 1. The molecule has 1 aliphatic rings. The van der Waals surface area contributed by atoms with Gasteiger partial charge >= 0.3 is 5.69 Å². The van der Waals surface area contributed by atoms with Crippen molar-refractivity contribution in [2.45, 2.75) is 31.8 Å². The highest BCUT2D eigenvalue weighted by atomic mass is 16.5. The topological polar surface area (TPSA) is 136 Å². The number of nitrogens with one attached hydrogen (secondary N) is 1. The smallest absolute Gasteiger partial charge is 0.335 e. The highest BCUT2D eigenvalue weighted by Gasteiger charge is 2.25. The maximum atomic E-state index is 13.1. The lowest BCUT2D eigenvalue weighted by Crippen LogP contribution is -2.38. The number of nitrogens with zero attached hydrogens (tertiary/aromatic N) is 6. The molecule has 0 aliphatic carbocycles. The van der Waals surface area contributed by atoms with Gasteiger partial charge in [0.25, 0.3) is 0 Å². The average molecular weight is 380 g/mol. The molecule has 10 heteroatoms. The van der Waals surface area contributed by atoms with E-state index in [-0.39, 0.29) is 23.1 Å². The Morgan fingerprint density at radius 1 is 1.46 bits per heavy atom. The van der Waals surface area contributed by atoms with Crippen molar-refractivity contribution in [3.63, 3.8) is 0 Å². The Bertz CT molecular complexity index is 1110. The summed E-state index contributed by atoms with van der Waals surface area (Å²) < 4.78 is 8.80. The second-order valence-electron chi connectivity index (χ2n) is 6.69. The maximum absolute atomic E-state index is 13.1. The fraction of sp³-hybridized carbons (Fsp3) is 0.389. The van der Waals surface area contributed by atoms with Crippen LogP contribution in [0.2, 0.25) is 0 Å². The summed E-state index contributed by atoms with van der Waals surface area (Å²) in [6.07, 6.45) is 4.70. The molecule has 0 bridgehead atoms. The van der Waals surface area contributed by atoms with Crippen molar-refractivity contribution in [2.24, 2.45) is 0 Å². The summed E-state index contributed by atoms with van der Waals surface area (Å²) in [5.74, 6) is 0.950. The summed E-state index contributed by atoms with van der Waals surface area (Å²) in [5.41, 5.74) is 6.32. The number of fused-ring (bicyclic) bond motifs is 1. The van der Waals surface area contributed by atoms with Crippen LogP contribution in [0.25, 0.3) is 5.65 Å². The van der Waals surface area contributed by atoms with Crippen molar-refractivity contribution in [3.8, 4) is 6.07 Å². The van der Waals surface area contributed by atoms with Crippen LogP contribution in [0.3, 0.4) is 0 Å². The fourth-order valence-electron chi connectivity index (χ4n) is 3.47. The van der Waals surface area contributed by atoms with Crippen LogP contribution in [0, 0.1) is 11.3 Å². The van der Waals surface area contributed by atoms with Crippen LogP contribution in [0.1, 0.15) is 43.2 Å². The predicted octanol–water partition coefficient (Wildman–Crippen LogP) is 1.26. The first-order valence-electron chi connectivity index (χ1n) is 9.04. The third-order valence-corrected chi connectivity index (χ3v) is 4.85. The van der Waals surface area contributed by atoms with E-state index >= 15 is 0 Å². The van der Waals surface area contributed by atoms with Crippen LogP contribution in [-0.4, -0.2) is 37.1 Å². The molecule has 1 fully saturated rings. The Labute approximate surface area is 160 Å². The van der Waals surface area contributed by atoms with Crippen LogP contribution >= 0.6 is 0 Å². The molecule has 1 aliphatic heterocycles. The summed E-state index contributed by atoms with van der Waals surface area (Å²) in [5, 5.41) is 12.5. The Hall–Kier alpha value is -3.45. The summed E-state index contributed by atoms with van der Waals surface area (Å²) in [6, 6.07) is 5.06. The molecular formula is C18H20N8O2. The third kappa shape index (κ3) is 3.05. The highest BCUT2D eigenvalue weighted by molar-refractivity contribution is 5.62. The van der Waals surface area contributed by atoms with Crippen LogP contribution in [0.15, 0.2) is 29.5 Å². The number of nitrogens with two attached hydrogens (primary N) is 1. The van der Waals surface area contributed by atoms with Crippen molar-refractivity contribution >= 4 is 17.3 Å². The molecule has 1 saturated heterocycles. The van der Waals surface area contributed by atoms with Crippen molar-refractivity contribution in [1.29, 1.82) is 5.26 Å². The molecule has 3 aromatic heterocycles. The van der Waals surface area contributed by atoms with Gasteiger partial charge in [-0.2, -0.15) is 5.26 Å². The van der Waals surface area contributed by atoms with Crippen molar-refractivity contribution in [3.05, 3.63) is 46.5 Å². The normalized spacial score (nSPS) is 17.9. The molecular weight excluding hydrogens is 360 g/mol. The van der Waals surface area contributed by atoms with Crippen LogP contribution in [-0.2, 0) is 4.74 Å². The number of nitrogen functional groups attached to an aromatic ring is 1. The Balaban J connectivity index is 1.80. The molecule has 4 heterocycles. The maximum Gasteiger partial charge on any atom is 0.335 e. The van der Waals surface area contributed by atoms with Gasteiger partial charge in [-0.3, -0.25) is 8.97 Å². The summed E-state index contributed by atoms with van der Waals surface area (Å²) in [4.78, 5) is 25.8. The number of ether oxygens (including phenoxy) is 1. The molecule has 0 radical (unpaired) electrons. The molecule has 4 rings (SSSR count). The molecule has 0 aromatic carbocycles. The zero-order valence-corrected chi connectivity index (χ0v) is 15.4. The number of hydrogen-bond acceptors (Lipinski definition) is 8. The number of hydrogen-bond donors (Lipinski definition) is 2. The fourth-order valence-corrected chi connectivity index (χ4v) is 3.47. The molecule has 0 saturated carbocycles. The van der Waals surface area contributed by atoms with Gasteiger partial charge in [0.15, 0.2) is 0 Å². The van der Waals surface area contributed by atoms with E-state index in [0.29, 0.717) is 30.5 Å². The summed E-state index contributed by atoms with van der Waals surface area (Å²) in [7, 11) is 0. The molecule has 3 N–H and O–H groups in total. The largest absolute Gasteiger partial charge is 0.382 e. The number of anilines is 2. The molecule has 0 amide bonds. The van der Waals surface area contributed by atoms with Gasteiger partial charge in [0.2, 0.25) is 0 Å². The lowest BCUT2D eigenvalue weighted by Gasteiger charge is -2.28. The van der Waals surface area contributed by atoms with E-state index in [9.17, 15) is 10.1 Å². The lowest BCUT2D eigenvalue weighted by atomic mass is 10.1. The summed E-state index contributed by atoms with van der Waals surface area (Å²) >= 11 is 0. The minimum absolute atomic E-state index is 0.0975. The Kier molecular flexibility index (Phi) is 4.67. The zero-order chi connectivity index (χ0) is 19.7. The molecule has 28 heavy (non-hydrogen) atoms. The van der Waals surface area contributed by atoms with Crippen molar-refractivity contribution < 1.29 is 4.74 Å². The van der Waals surface area contributed by atoms with E-state index in [2.05, 4.69) is 15.3 Å². The van der Waals surface area contributed by atoms with E-state index in [0.717, 1.165) is 12.8 Å². The van der Waals surface area contributed by atoms with Gasteiger partial charge in [0.1, 0.15) is 41.1 Å². The second-order valence-corrected chi connectivity index (χ2v) is 6.69. The Morgan fingerprint density at radius 2 is 2.32 bits per heavy atom. The number of aromatic nitrogens is 5. The highest BCUT2D eigenvalue weighted by Crippen LogP contribution is 2.25. The van der Waals surface area contributed by atoms with Crippen LogP contribution in [0.5, 0.6) is 0 Å². The van der Waals surface area contributed by atoms with E-state index < -0.39 is 6.04 Å². The van der Waals surface area contributed by atoms with Gasteiger partial charge in [0, 0.05) is 12.8 Å². The van der Waals surface area contributed by atoms with E-state index in [1.54, 1.807) is 22.9 Å². The monoisotopic (exact) mass is 380 g/mol. The lowest BCUT2D eigenvalue weighted by molar-refractivity contribution is 0.0556. The van der Waals surface area contributed by atoms with Gasteiger partial charge in [-0.15, -0.1) is 0 Å². The van der Waals surface area contributed by atoms with Gasteiger partial charge in [-0.1, -0.05) is 0 Å². The average Bonchev–Trinajstić information content (AvgIpc) is 3.18. The Morgan fingerprint density at radius 3 is 3.07 bits per heavy atom. The molecule has 3 aromatic rings. The standard InChI is InChI=1S/C18H20N8O2/c1-11(23-16-13(8-19)15(20)21-10-22-16)17-24-14-5-2-6-25(14)18(27)26(17)12-4-3-7-28-9-12/h2,5-6,10-12H,3-4,7,9H2,1H3,(H3,20,21,22,23). The second kappa shape index (κ2) is 7.28. The summed E-state index contributed by atoms with van der Waals surface area (Å²) in [6.45, 7) is 3.01. The molecule has 2 unspecified atom stereocenters. The van der Waals surface area contributed by atoms with E-state index in [4.69, 9.17) is 15.5 Å². The van der Waals surface area contributed by atoms with E-state index in [1.807, 2.05) is 13.0 Å². The molecule has 2 atom stereocenters. The minimum atomic E-state index is -0.407.